The molecule has 0 unspecified atom stereocenters. The predicted octanol–water partition coefficient (Wildman–Crippen LogP) is 5.99. The fraction of sp³-hybridized carbons (Fsp3) is 0.0500. The number of thiazole rings is 1. The maximum atomic E-state index is 13.2. The summed E-state index contributed by atoms with van der Waals surface area (Å²) in [5, 5.41) is 2.07. The van der Waals surface area contributed by atoms with Gasteiger partial charge >= 0.3 is 0 Å². The van der Waals surface area contributed by atoms with Crippen LogP contribution < -0.4 is 4.80 Å². The Hall–Kier alpha value is -2.44. The first-order valence-corrected chi connectivity index (χ1v) is 9.64. The smallest absolute Gasteiger partial charge is 0.190 e. The van der Waals surface area contributed by atoms with Gasteiger partial charge in [0.05, 0.1) is 24.2 Å². The van der Waals surface area contributed by atoms with Gasteiger partial charge < -0.3 is 8.98 Å². The maximum Gasteiger partial charge on any atom is 0.190 e. The van der Waals surface area contributed by atoms with E-state index in [1.807, 2.05) is 30.3 Å². The average Bonchev–Trinajstić information content (AvgIpc) is 3.29. The van der Waals surface area contributed by atoms with Gasteiger partial charge in [-0.05, 0) is 42.5 Å². The summed E-state index contributed by atoms with van der Waals surface area (Å²) in [6.07, 6.45) is 1.66. The van der Waals surface area contributed by atoms with E-state index in [0.29, 0.717) is 12.2 Å². The van der Waals surface area contributed by atoms with Crippen LogP contribution in [0, 0.1) is 5.82 Å². The van der Waals surface area contributed by atoms with E-state index in [4.69, 9.17) is 9.41 Å². The van der Waals surface area contributed by atoms with Gasteiger partial charge in [0.15, 0.2) is 4.80 Å². The van der Waals surface area contributed by atoms with Crippen molar-refractivity contribution in [2.24, 2.45) is 4.99 Å². The van der Waals surface area contributed by atoms with Crippen molar-refractivity contribution in [3.05, 3.63) is 93.2 Å². The van der Waals surface area contributed by atoms with Crippen LogP contribution in [0.25, 0.3) is 11.3 Å². The minimum Gasteiger partial charge on any atom is -0.467 e. The minimum atomic E-state index is -0.271. The van der Waals surface area contributed by atoms with Crippen LogP contribution in [0.4, 0.5) is 10.1 Å². The van der Waals surface area contributed by atoms with E-state index in [2.05, 4.69) is 31.9 Å². The normalized spacial score (nSPS) is 11.8. The van der Waals surface area contributed by atoms with Gasteiger partial charge in [0, 0.05) is 15.4 Å². The van der Waals surface area contributed by atoms with Gasteiger partial charge in [0.1, 0.15) is 11.6 Å². The topological polar surface area (TPSA) is 30.4 Å². The molecule has 0 amide bonds. The van der Waals surface area contributed by atoms with E-state index in [1.54, 1.807) is 29.7 Å². The van der Waals surface area contributed by atoms with Crippen LogP contribution in [-0.2, 0) is 6.54 Å². The summed E-state index contributed by atoms with van der Waals surface area (Å²) >= 11 is 5.17. The van der Waals surface area contributed by atoms with Crippen molar-refractivity contribution < 1.29 is 8.81 Å². The van der Waals surface area contributed by atoms with Crippen LogP contribution in [-0.4, -0.2) is 4.57 Å². The third-order valence-electron chi connectivity index (χ3n) is 3.89. The molecule has 26 heavy (non-hydrogen) atoms. The molecule has 6 heteroatoms. The molecule has 3 nitrogen and oxygen atoms in total. The highest BCUT2D eigenvalue weighted by Crippen LogP contribution is 2.29. The van der Waals surface area contributed by atoms with Gasteiger partial charge in [0.2, 0.25) is 0 Å². The monoisotopic (exact) mass is 428 g/mol. The van der Waals surface area contributed by atoms with Crippen LogP contribution in [0.15, 0.2) is 86.2 Å². The lowest BCUT2D eigenvalue weighted by Crippen LogP contribution is -2.16. The molecule has 0 fully saturated rings. The van der Waals surface area contributed by atoms with Crippen molar-refractivity contribution in [3.63, 3.8) is 0 Å². The van der Waals surface area contributed by atoms with Gasteiger partial charge in [-0.1, -0.05) is 34.1 Å². The molecular formula is C20H14BrFN2OS. The maximum absolute atomic E-state index is 13.2. The molecule has 0 radical (unpaired) electrons. The third-order valence-corrected chi connectivity index (χ3v) is 5.45. The summed E-state index contributed by atoms with van der Waals surface area (Å²) < 4.78 is 21.8. The molecule has 4 aromatic rings. The molecule has 0 bridgehead atoms. The van der Waals surface area contributed by atoms with Crippen molar-refractivity contribution in [3.8, 4) is 11.3 Å². The zero-order valence-electron chi connectivity index (χ0n) is 13.6. The Labute approximate surface area is 162 Å². The largest absolute Gasteiger partial charge is 0.467 e. The Morgan fingerprint density at radius 3 is 2.58 bits per heavy atom. The molecule has 0 saturated heterocycles. The number of furan rings is 1. The second-order valence-electron chi connectivity index (χ2n) is 5.64. The van der Waals surface area contributed by atoms with Crippen LogP contribution >= 0.6 is 27.3 Å². The van der Waals surface area contributed by atoms with E-state index in [0.717, 1.165) is 26.3 Å². The first-order valence-electron chi connectivity index (χ1n) is 7.96. The number of halogens is 2. The number of aromatic nitrogens is 1. The van der Waals surface area contributed by atoms with Crippen molar-refractivity contribution in [2.45, 2.75) is 6.54 Å². The van der Waals surface area contributed by atoms with Crippen molar-refractivity contribution in [2.75, 3.05) is 0 Å². The Kier molecular flexibility index (Phi) is 4.86. The number of hydrogen-bond acceptors (Lipinski definition) is 3. The molecule has 0 atom stereocenters. The standard InChI is InChI=1S/C20H14BrFN2OS/c21-18-6-2-1-5-17(18)19-13-26-20(23-15-9-7-14(22)8-10-15)24(19)12-16-4-3-11-25-16/h1-11,13H,12H2. The summed E-state index contributed by atoms with van der Waals surface area (Å²) in [6.45, 7) is 0.563. The highest BCUT2D eigenvalue weighted by molar-refractivity contribution is 9.10. The Balaban J connectivity index is 1.86. The lowest BCUT2D eigenvalue weighted by Gasteiger charge is -2.09. The predicted molar refractivity (Wildman–Crippen MR) is 105 cm³/mol. The SMILES string of the molecule is Fc1ccc(N=c2scc(-c3ccccc3Br)n2Cc2ccco2)cc1. The number of hydrogen-bond donors (Lipinski definition) is 0. The minimum absolute atomic E-state index is 0.271. The Bertz CT molecular complexity index is 1080. The van der Waals surface area contributed by atoms with Gasteiger partial charge in [-0.25, -0.2) is 9.38 Å². The first kappa shape index (κ1) is 17.0. The summed E-state index contributed by atoms with van der Waals surface area (Å²) in [5.41, 5.74) is 2.83. The molecule has 0 aliphatic heterocycles. The van der Waals surface area contributed by atoms with Gasteiger partial charge in [-0.3, -0.25) is 0 Å². The lowest BCUT2D eigenvalue weighted by atomic mass is 10.2. The summed E-state index contributed by atoms with van der Waals surface area (Å²) in [5.74, 6) is 0.574. The molecule has 130 valence electrons. The summed E-state index contributed by atoms with van der Waals surface area (Å²) in [4.78, 5) is 5.51. The molecule has 2 heterocycles. The molecule has 0 saturated carbocycles. The van der Waals surface area contributed by atoms with E-state index in [9.17, 15) is 4.39 Å². The average molecular weight is 429 g/mol. The van der Waals surface area contributed by atoms with Gasteiger partial charge in [-0.2, -0.15) is 0 Å². The zero-order valence-corrected chi connectivity index (χ0v) is 16.0. The second-order valence-corrected chi connectivity index (χ2v) is 7.33. The van der Waals surface area contributed by atoms with E-state index >= 15 is 0 Å². The van der Waals surface area contributed by atoms with Crippen LogP contribution in [0.5, 0.6) is 0 Å². The van der Waals surface area contributed by atoms with E-state index in [1.165, 1.54) is 12.1 Å². The quantitative estimate of drug-likeness (QED) is 0.392. The number of nitrogens with zero attached hydrogens (tertiary/aromatic N) is 2. The highest BCUT2D eigenvalue weighted by atomic mass is 79.9. The fourth-order valence-corrected chi connectivity index (χ4v) is 4.05. The fourth-order valence-electron chi connectivity index (χ4n) is 2.64. The van der Waals surface area contributed by atoms with E-state index < -0.39 is 0 Å². The molecule has 4 rings (SSSR count). The van der Waals surface area contributed by atoms with Crippen LogP contribution in [0.2, 0.25) is 0 Å². The van der Waals surface area contributed by atoms with Crippen LogP contribution in [0.3, 0.4) is 0 Å². The Morgan fingerprint density at radius 1 is 1.04 bits per heavy atom. The molecule has 0 N–H and O–H groups in total. The highest BCUT2D eigenvalue weighted by Gasteiger charge is 2.12. The molecular weight excluding hydrogens is 415 g/mol. The lowest BCUT2D eigenvalue weighted by molar-refractivity contribution is 0.492. The summed E-state index contributed by atoms with van der Waals surface area (Å²) in [6, 6.07) is 18.1. The van der Waals surface area contributed by atoms with Crippen molar-refractivity contribution >= 4 is 33.0 Å². The first-order chi connectivity index (χ1) is 12.7. The van der Waals surface area contributed by atoms with Crippen molar-refractivity contribution in [1.82, 2.24) is 4.57 Å². The number of benzene rings is 2. The molecule has 2 aromatic heterocycles. The third kappa shape index (κ3) is 3.57. The Morgan fingerprint density at radius 2 is 1.85 bits per heavy atom. The number of rotatable bonds is 4. The van der Waals surface area contributed by atoms with Crippen molar-refractivity contribution in [1.29, 1.82) is 0 Å². The molecule has 0 aliphatic carbocycles. The van der Waals surface area contributed by atoms with Gasteiger partial charge in [0.25, 0.3) is 0 Å². The zero-order chi connectivity index (χ0) is 17.9. The second kappa shape index (κ2) is 7.43. The summed E-state index contributed by atoms with van der Waals surface area (Å²) in [7, 11) is 0. The molecule has 0 spiro atoms. The van der Waals surface area contributed by atoms with E-state index in [-0.39, 0.29) is 5.82 Å². The van der Waals surface area contributed by atoms with Crippen LogP contribution in [0.1, 0.15) is 5.76 Å². The molecule has 2 aromatic carbocycles. The molecule has 0 aliphatic rings. The van der Waals surface area contributed by atoms with Gasteiger partial charge in [-0.15, -0.1) is 11.3 Å².